The van der Waals surface area contributed by atoms with E-state index < -0.39 is 13.1 Å². The van der Waals surface area contributed by atoms with E-state index in [1.165, 1.54) is 30.0 Å². The topological polar surface area (TPSA) is 310 Å². The van der Waals surface area contributed by atoms with Gasteiger partial charge in [-0.1, -0.05) is 96.1 Å². The van der Waals surface area contributed by atoms with Crippen molar-refractivity contribution in [1.29, 1.82) is 0 Å². The summed E-state index contributed by atoms with van der Waals surface area (Å²) in [5.41, 5.74) is 5.63. The number of ether oxygens (including phenoxy) is 6. The van der Waals surface area contributed by atoms with E-state index in [0.717, 1.165) is 53.7 Å². The number of fused-ring (bicyclic) bond motifs is 6. The van der Waals surface area contributed by atoms with Gasteiger partial charge in [0.05, 0.1) is 121 Å². The molecule has 4 amide bonds. The number of benzene rings is 4. The number of thioether (sulfide) groups is 1. The molecule has 2 atom stereocenters. The third-order valence-corrected chi connectivity index (χ3v) is 16.9. The van der Waals surface area contributed by atoms with E-state index in [0.29, 0.717) is 120 Å². The Morgan fingerprint density at radius 1 is 0.744 bits per heavy atom. The van der Waals surface area contributed by atoms with Crippen LogP contribution in [0.2, 0.25) is 0 Å². The van der Waals surface area contributed by atoms with E-state index in [-0.39, 0.29) is 104 Å². The Morgan fingerprint density at radius 2 is 1.42 bits per heavy atom. The van der Waals surface area contributed by atoms with E-state index in [1.54, 1.807) is 15.8 Å². The fourth-order valence-electron chi connectivity index (χ4n) is 9.99. The number of phosphoric acid groups is 1. The van der Waals surface area contributed by atoms with Crippen LogP contribution < -0.4 is 20.4 Å². The highest BCUT2D eigenvalue weighted by Gasteiger charge is 2.39. The average molecular weight is 1280 g/mol. The molecular weight excluding hydrogens is 1210 g/mol. The molecule has 0 spiro atoms. The maximum Gasteiger partial charge on any atom is 0.471 e. The summed E-state index contributed by atoms with van der Waals surface area (Å²) in [4.78, 5) is 77.9. The first kappa shape index (κ1) is 66.7. The normalized spacial score (nSPS) is 14.5. The minimum atomic E-state index is -3.98. The number of likely N-dealkylation sites (tertiary alicyclic amines) is 1. The molecule has 28 heteroatoms. The number of rotatable bonds is 38. The van der Waals surface area contributed by atoms with Gasteiger partial charge in [-0.15, -0.1) is 22.0 Å². The molecule has 5 heterocycles. The number of phenolic OH excluding ortho intramolecular Hbond substituents is 1. The smallest absolute Gasteiger partial charge is 0.471 e. The van der Waals surface area contributed by atoms with Gasteiger partial charge in [0.1, 0.15) is 23.8 Å². The Labute approximate surface area is 523 Å². The summed E-state index contributed by atoms with van der Waals surface area (Å²) in [6, 6.07) is 28.8. The lowest BCUT2D eigenvalue weighted by atomic mass is 9.95. The summed E-state index contributed by atoms with van der Waals surface area (Å²) < 4.78 is 64.6. The van der Waals surface area contributed by atoms with Crippen LogP contribution in [0.25, 0.3) is 44.8 Å². The Bertz CT molecular complexity index is 3630. The predicted molar refractivity (Wildman–Crippen MR) is 331 cm³/mol. The first-order valence-electron chi connectivity index (χ1n) is 29.8. The van der Waals surface area contributed by atoms with Crippen molar-refractivity contribution in [2.24, 2.45) is 0 Å². The number of nitrogens with one attached hydrogen (secondary N) is 1. The number of carbonyl (C=O) groups excluding carboxylic acids is 4. The summed E-state index contributed by atoms with van der Waals surface area (Å²) in [5.74, 6) is -0.349. The highest BCUT2D eigenvalue weighted by molar-refractivity contribution is 8.00. The fourth-order valence-corrected chi connectivity index (χ4v) is 11.6. The molecule has 26 nitrogen and oxygen atoms in total. The number of hydrogen-bond donors (Lipinski definition) is 3. The van der Waals surface area contributed by atoms with Crippen LogP contribution >= 0.6 is 19.6 Å². The molecule has 3 N–H and O–H groups in total. The van der Waals surface area contributed by atoms with Gasteiger partial charge in [0.15, 0.2) is 16.8 Å². The monoisotopic (exact) mass is 1280 g/mol. The number of nitrogens with zero attached hydrogens (tertiary/aromatic N) is 8. The minimum absolute atomic E-state index is 0.00493. The van der Waals surface area contributed by atoms with Gasteiger partial charge in [-0.2, -0.15) is 0 Å². The summed E-state index contributed by atoms with van der Waals surface area (Å²) in [7, 11) is -2.87. The molecule has 0 radical (unpaired) electrons. The molecule has 0 bridgehead atoms. The SMILES string of the molecule is COP(=O)(O)OCCCCCCSC1CC(=O)N(CCC(=O)NCCC(=O)N2Cc3ccccc3-c3c(nnn3CCOCCOCCOCCOCCOCCn3cc(COc4c(O)ccc5c(=O)cc(-c6ccccc6)oc45)nn3)-c3ccccc32)C1=O. The fraction of sp³-hybridized carbons (Fsp3) is 0.435. The molecule has 2 aliphatic rings. The van der Waals surface area contributed by atoms with Crippen molar-refractivity contribution in [2.75, 3.05) is 104 Å². The number of aromatic hydroxyl groups is 1. The van der Waals surface area contributed by atoms with Crippen LogP contribution in [0.3, 0.4) is 0 Å². The predicted octanol–water partition coefficient (Wildman–Crippen LogP) is 6.97. The van der Waals surface area contributed by atoms with Crippen LogP contribution in [0.4, 0.5) is 5.69 Å². The van der Waals surface area contributed by atoms with Gasteiger partial charge < -0.3 is 53.1 Å². The first-order valence-corrected chi connectivity index (χ1v) is 32.3. The van der Waals surface area contributed by atoms with Crippen molar-refractivity contribution >= 4 is 59.9 Å². The Morgan fingerprint density at radius 3 is 2.17 bits per heavy atom. The molecule has 2 aliphatic heterocycles. The zero-order valence-corrected chi connectivity index (χ0v) is 51.7. The Balaban J connectivity index is 0.615. The second-order valence-electron chi connectivity index (χ2n) is 20.8. The number of unbranched alkanes of at least 4 members (excludes halogenated alkanes) is 3. The molecule has 480 valence electrons. The van der Waals surface area contributed by atoms with Crippen LogP contribution in [0, 0.1) is 0 Å². The van der Waals surface area contributed by atoms with Crippen molar-refractivity contribution in [3.63, 3.8) is 0 Å². The van der Waals surface area contributed by atoms with Crippen LogP contribution in [0.1, 0.15) is 56.2 Å². The average Bonchev–Trinajstić information content (AvgIpc) is 1.88. The highest BCUT2D eigenvalue weighted by Crippen LogP contribution is 2.43. The molecule has 7 aromatic rings. The van der Waals surface area contributed by atoms with E-state index in [4.69, 9.17) is 37.4 Å². The van der Waals surface area contributed by atoms with Crippen LogP contribution in [-0.2, 0) is 82.7 Å². The molecule has 0 saturated carbocycles. The summed E-state index contributed by atoms with van der Waals surface area (Å²) in [5, 5.41) is 30.7. The van der Waals surface area contributed by atoms with Gasteiger partial charge in [0.25, 0.3) is 0 Å². The van der Waals surface area contributed by atoms with Crippen LogP contribution in [0.15, 0.2) is 112 Å². The largest absolute Gasteiger partial charge is 0.504 e. The molecule has 3 aromatic heterocycles. The van der Waals surface area contributed by atoms with Crippen molar-refractivity contribution in [3.05, 3.63) is 125 Å². The third-order valence-electron chi connectivity index (χ3n) is 14.6. The molecule has 90 heavy (non-hydrogen) atoms. The van der Waals surface area contributed by atoms with Gasteiger partial charge in [0.2, 0.25) is 29.4 Å². The van der Waals surface area contributed by atoms with E-state index in [1.807, 2.05) is 83.5 Å². The lowest BCUT2D eigenvalue weighted by Gasteiger charge is -2.28. The van der Waals surface area contributed by atoms with Crippen molar-refractivity contribution in [1.82, 2.24) is 40.2 Å². The number of phenols is 1. The summed E-state index contributed by atoms with van der Waals surface area (Å²) in [6.07, 6.45) is 4.66. The number of aromatic nitrogens is 6. The Kier molecular flexibility index (Phi) is 25.2. The van der Waals surface area contributed by atoms with Gasteiger partial charge >= 0.3 is 7.82 Å². The number of carbonyl (C=O) groups is 4. The molecule has 4 aromatic carbocycles. The standard InChI is InChI=1S/C62H74N9O17PS/c1-80-89(78,79)87-27-11-2-3-12-38-90-54-40-57(76)69(62(54)77)24-22-55(74)63-23-21-56(75)70-41-45-15-7-8-16-47(45)59-58(48-17-9-10-18-50(48)70)65-67-71(59)26-29-82-31-33-84-35-37-85-36-34-83-32-30-81-28-25-68-42-46(64-66-68)43-86-61-51(72)20-19-49-52(73)39-53(88-60(49)61)44-13-5-4-6-14-44/h4-10,13-20,39,42,54,72H,2-3,11-12,21-38,40-41,43H2,1H3,(H,63,74)(H,78,79). The number of phosphoric ester groups is 1. The number of anilines is 1. The van der Waals surface area contributed by atoms with E-state index in [9.17, 15) is 38.5 Å². The maximum atomic E-state index is 14.1. The van der Waals surface area contributed by atoms with E-state index >= 15 is 0 Å². The highest BCUT2D eigenvalue weighted by atomic mass is 32.2. The van der Waals surface area contributed by atoms with Gasteiger partial charge in [-0.05, 0) is 42.4 Å². The minimum Gasteiger partial charge on any atom is -0.504 e. The zero-order chi connectivity index (χ0) is 63.1. The van der Waals surface area contributed by atoms with Gasteiger partial charge in [-0.25, -0.2) is 13.9 Å². The van der Waals surface area contributed by atoms with Crippen LogP contribution in [-0.4, -0.2) is 172 Å². The molecule has 1 fully saturated rings. The van der Waals surface area contributed by atoms with Crippen molar-refractivity contribution in [2.45, 2.75) is 76.4 Å². The Hall–Kier alpha value is -7.69. The van der Waals surface area contributed by atoms with Crippen LogP contribution in [0.5, 0.6) is 11.5 Å². The first-order chi connectivity index (χ1) is 43.9. The zero-order valence-electron chi connectivity index (χ0n) is 50.0. The molecule has 1 saturated heterocycles. The number of imide groups is 1. The lowest BCUT2D eigenvalue weighted by Crippen LogP contribution is -2.37. The molecular formula is C62H74N9O17PS. The summed E-state index contributed by atoms with van der Waals surface area (Å²) in [6.45, 7) is 4.93. The number of para-hydroxylation sites is 1. The second-order valence-corrected chi connectivity index (χ2v) is 23.7. The van der Waals surface area contributed by atoms with Gasteiger partial charge in [0, 0.05) is 62.2 Å². The molecule has 9 rings (SSSR count). The van der Waals surface area contributed by atoms with Gasteiger partial charge in [-0.3, -0.25) is 37.9 Å². The van der Waals surface area contributed by atoms with E-state index in [2.05, 4.69) is 30.5 Å². The van der Waals surface area contributed by atoms with Crippen molar-refractivity contribution < 1.29 is 75.6 Å². The number of amides is 4. The third kappa shape index (κ3) is 18.7. The number of hydrogen-bond acceptors (Lipinski definition) is 21. The maximum absolute atomic E-state index is 14.1. The summed E-state index contributed by atoms with van der Waals surface area (Å²) >= 11 is 1.41. The molecule has 0 aliphatic carbocycles. The molecule has 2 unspecified atom stereocenters. The second kappa shape index (κ2) is 33.9. The quantitative estimate of drug-likeness (QED) is 0.0200. The van der Waals surface area contributed by atoms with Crippen molar-refractivity contribution in [3.8, 4) is 45.3 Å². The lowest BCUT2D eigenvalue weighted by molar-refractivity contribution is -0.138.